The van der Waals surface area contributed by atoms with Crippen molar-refractivity contribution in [3.8, 4) is 0 Å². The number of nitrogens with two attached hydrogens (primary N) is 1. The molecule has 1 heterocycles. The van der Waals surface area contributed by atoms with E-state index in [2.05, 4.69) is 36.0 Å². The molecule has 0 aliphatic heterocycles. The van der Waals surface area contributed by atoms with Crippen LogP contribution in [-0.2, 0) is 0 Å². The van der Waals surface area contributed by atoms with Gasteiger partial charge < -0.3 is 10.6 Å². The molecule has 90 valence electrons. The first kappa shape index (κ1) is 11.7. The second-order valence-corrected chi connectivity index (χ2v) is 4.35. The smallest absolute Gasteiger partial charge is 0.0951 e. The molecule has 0 spiro atoms. The molecular weight excluding hydrogens is 210 g/mol. The zero-order valence-electron chi connectivity index (χ0n) is 10.5. The lowest BCUT2D eigenvalue weighted by Crippen LogP contribution is -2.18. The van der Waals surface area contributed by atoms with Gasteiger partial charge in [-0.2, -0.15) is 0 Å². The Morgan fingerprint density at radius 2 is 2.12 bits per heavy atom. The van der Waals surface area contributed by atoms with E-state index in [1.807, 2.05) is 18.3 Å². The maximum Gasteiger partial charge on any atom is 0.0951 e. The normalized spacial score (nSPS) is 10.7. The van der Waals surface area contributed by atoms with Crippen LogP contribution in [-0.4, -0.2) is 18.6 Å². The molecule has 3 heteroatoms. The number of pyridine rings is 1. The molecule has 0 atom stereocenters. The molecule has 0 saturated heterocycles. The van der Waals surface area contributed by atoms with Crippen molar-refractivity contribution in [2.75, 3.05) is 24.2 Å². The molecule has 1 aromatic heterocycles. The zero-order valence-corrected chi connectivity index (χ0v) is 10.5. The minimum Gasteiger partial charge on any atom is -0.397 e. The largest absolute Gasteiger partial charge is 0.397 e. The van der Waals surface area contributed by atoms with Crippen molar-refractivity contribution in [2.45, 2.75) is 19.8 Å². The molecular formula is C14H19N3. The van der Waals surface area contributed by atoms with E-state index in [0.717, 1.165) is 23.1 Å². The van der Waals surface area contributed by atoms with Crippen molar-refractivity contribution in [3.05, 3.63) is 30.5 Å². The number of rotatable bonds is 4. The van der Waals surface area contributed by atoms with Crippen LogP contribution in [0.3, 0.4) is 0 Å². The third kappa shape index (κ3) is 2.33. The summed E-state index contributed by atoms with van der Waals surface area (Å²) in [4.78, 5) is 6.62. The Kier molecular flexibility index (Phi) is 3.47. The Morgan fingerprint density at radius 1 is 1.29 bits per heavy atom. The van der Waals surface area contributed by atoms with Gasteiger partial charge in [-0.3, -0.25) is 4.98 Å². The summed E-state index contributed by atoms with van der Waals surface area (Å²) in [5.41, 5.74) is 8.79. The Bertz CT molecular complexity index is 508. The number of para-hydroxylation sites is 1. The van der Waals surface area contributed by atoms with Crippen molar-refractivity contribution in [1.82, 2.24) is 4.98 Å². The first-order valence-electron chi connectivity index (χ1n) is 6.08. The highest BCUT2D eigenvalue weighted by molar-refractivity contribution is 5.97. The van der Waals surface area contributed by atoms with Crippen LogP contribution in [0.25, 0.3) is 10.9 Å². The number of fused-ring (bicyclic) bond motifs is 1. The third-order valence-corrected chi connectivity index (χ3v) is 3.04. The summed E-state index contributed by atoms with van der Waals surface area (Å²) >= 11 is 0. The van der Waals surface area contributed by atoms with E-state index in [4.69, 9.17) is 5.73 Å². The predicted octanol–water partition coefficient (Wildman–Crippen LogP) is 3.05. The van der Waals surface area contributed by atoms with Gasteiger partial charge in [-0.05, 0) is 18.6 Å². The maximum absolute atomic E-state index is 5.94. The van der Waals surface area contributed by atoms with Crippen LogP contribution in [0, 0.1) is 0 Å². The van der Waals surface area contributed by atoms with Gasteiger partial charge in [-0.15, -0.1) is 0 Å². The first-order chi connectivity index (χ1) is 8.24. The molecule has 0 aliphatic rings. The number of hydrogen-bond donors (Lipinski definition) is 1. The monoisotopic (exact) mass is 229 g/mol. The van der Waals surface area contributed by atoms with Crippen LogP contribution in [0.4, 0.5) is 11.4 Å². The van der Waals surface area contributed by atoms with E-state index in [1.165, 1.54) is 18.5 Å². The average Bonchev–Trinajstić information content (AvgIpc) is 2.36. The maximum atomic E-state index is 5.94. The average molecular weight is 229 g/mol. The number of anilines is 2. The van der Waals surface area contributed by atoms with Gasteiger partial charge in [0.05, 0.1) is 11.2 Å². The van der Waals surface area contributed by atoms with Gasteiger partial charge in [0.25, 0.3) is 0 Å². The minimum atomic E-state index is 0.744. The van der Waals surface area contributed by atoms with Crippen LogP contribution >= 0.6 is 0 Å². The number of aromatic nitrogens is 1. The standard InChI is InChI=1S/C14H19N3/c1-3-4-10-17(2)13-8-9-16-14-11(13)6-5-7-12(14)15/h5-9H,3-4,10,15H2,1-2H3. The van der Waals surface area contributed by atoms with E-state index in [-0.39, 0.29) is 0 Å². The Hall–Kier alpha value is -1.77. The molecule has 17 heavy (non-hydrogen) atoms. The van der Waals surface area contributed by atoms with Gasteiger partial charge >= 0.3 is 0 Å². The van der Waals surface area contributed by atoms with Crippen molar-refractivity contribution in [3.63, 3.8) is 0 Å². The summed E-state index contributed by atoms with van der Waals surface area (Å²) in [7, 11) is 2.12. The molecule has 0 radical (unpaired) electrons. The molecule has 3 nitrogen and oxygen atoms in total. The third-order valence-electron chi connectivity index (χ3n) is 3.04. The number of nitrogen functional groups attached to an aromatic ring is 1. The summed E-state index contributed by atoms with van der Waals surface area (Å²) in [5, 5.41) is 1.13. The van der Waals surface area contributed by atoms with Crippen molar-refractivity contribution < 1.29 is 0 Å². The lowest BCUT2D eigenvalue weighted by Gasteiger charge is -2.20. The second kappa shape index (κ2) is 5.04. The summed E-state index contributed by atoms with van der Waals surface area (Å²) in [6.45, 7) is 3.26. The SMILES string of the molecule is CCCCN(C)c1ccnc2c(N)cccc12. The molecule has 0 amide bonds. The Labute approximate surface area is 102 Å². The van der Waals surface area contributed by atoms with E-state index in [0.29, 0.717) is 0 Å². The second-order valence-electron chi connectivity index (χ2n) is 4.35. The van der Waals surface area contributed by atoms with E-state index < -0.39 is 0 Å². The quantitative estimate of drug-likeness (QED) is 0.819. The molecule has 2 aromatic rings. The fourth-order valence-electron chi connectivity index (χ4n) is 2.03. The van der Waals surface area contributed by atoms with Gasteiger partial charge in [0.15, 0.2) is 0 Å². The number of hydrogen-bond acceptors (Lipinski definition) is 3. The highest BCUT2D eigenvalue weighted by Crippen LogP contribution is 2.27. The molecule has 0 unspecified atom stereocenters. The zero-order chi connectivity index (χ0) is 12.3. The highest BCUT2D eigenvalue weighted by Gasteiger charge is 2.07. The van der Waals surface area contributed by atoms with E-state index >= 15 is 0 Å². The van der Waals surface area contributed by atoms with E-state index in [1.54, 1.807) is 0 Å². The van der Waals surface area contributed by atoms with E-state index in [9.17, 15) is 0 Å². The predicted molar refractivity (Wildman–Crippen MR) is 74.3 cm³/mol. The first-order valence-corrected chi connectivity index (χ1v) is 6.08. The van der Waals surface area contributed by atoms with Gasteiger partial charge in [-0.25, -0.2) is 0 Å². The summed E-state index contributed by atoms with van der Waals surface area (Å²) in [6.07, 6.45) is 4.23. The number of nitrogens with zero attached hydrogens (tertiary/aromatic N) is 2. The Balaban J connectivity index is 2.43. The number of benzene rings is 1. The number of unbranched alkanes of at least 4 members (excludes halogenated alkanes) is 1. The van der Waals surface area contributed by atoms with Gasteiger partial charge in [-0.1, -0.05) is 25.5 Å². The van der Waals surface area contributed by atoms with Crippen LogP contribution < -0.4 is 10.6 Å². The fraction of sp³-hybridized carbons (Fsp3) is 0.357. The minimum absolute atomic E-state index is 0.744. The molecule has 2 N–H and O–H groups in total. The lowest BCUT2D eigenvalue weighted by atomic mass is 10.1. The van der Waals surface area contributed by atoms with Crippen LogP contribution in [0.1, 0.15) is 19.8 Å². The lowest BCUT2D eigenvalue weighted by molar-refractivity contribution is 0.768. The summed E-state index contributed by atoms with van der Waals surface area (Å²) < 4.78 is 0. The fourth-order valence-corrected chi connectivity index (χ4v) is 2.03. The molecule has 0 saturated carbocycles. The molecule has 1 aromatic carbocycles. The highest BCUT2D eigenvalue weighted by atomic mass is 15.1. The summed E-state index contributed by atoms with van der Waals surface area (Å²) in [6, 6.07) is 8.01. The van der Waals surface area contributed by atoms with Crippen LogP contribution in [0.5, 0.6) is 0 Å². The van der Waals surface area contributed by atoms with Gasteiger partial charge in [0, 0.05) is 30.9 Å². The van der Waals surface area contributed by atoms with Crippen LogP contribution in [0.15, 0.2) is 30.5 Å². The molecule has 0 fully saturated rings. The molecule has 0 bridgehead atoms. The van der Waals surface area contributed by atoms with Crippen LogP contribution in [0.2, 0.25) is 0 Å². The summed E-state index contributed by atoms with van der Waals surface area (Å²) in [5.74, 6) is 0. The van der Waals surface area contributed by atoms with Crippen molar-refractivity contribution in [2.24, 2.45) is 0 Å². The topological polar surface area (TPSA) is 42.2 Å². The van der Waals surface area contributed by atoms with Crippen molar-refractivity contribution >= 4 is 22.3 Å². The van der Waals surface area contributed by atoms with Gasteiger partial charge in [0.2, 0.25) is 0 Å². The molecule has 0 aliphatic carbocycles. The Morgan fingerprint density at radius 3 is 2.88 bits per heavy atom. The van der Waals surface area contributed by atoms with Gasteiger partial charge in [0.1, 0.15) is 0 Å². The van der Waals surface area contributed by atoms with Crippen molar-refractivity contribution in [1.29, 1.82) is 0 Å². The molecule has 2 rings (SSSR count).